The molecule has 116 valence electrons. The molecule has 2 rings (SSSR count). The summed E-state index contributed by atoms with van der Waals surface area (Å²) in [5, 5.41) is 2.43. The lowest BCUT2D eigenvalue weighted by atomic mass is 10.1. The highest BCUT2D eigenvalue weighted by molar-refractivity contribution is 5.67. The number of halogens is 3. The van der Waals surface area contributed by atoms with Crippen molar-refractivity contribution in [2.75, 3.05) is 24.6 Å². The number of hydrogen-bond donors (Lipinski definition) is 1. The molecule has 1 unspecified atom stereocenters. The van der Waals surface area contributed by atoms with Gasteiger partial charge in [-0.15, -0.1) is 0 Å². The van der Waals surface area contributed by atoms with Crippen LogP contribution < -0.4 is 10.2 Å². The second-order valence-corrected chi connectivity index (χ2v) is 4.67. The molecule has 1 aromatic rings. The lowest BCUT2D eigenvalue weighted by molar-refractivity contribution is -0.160. The van der Waals surface area contributed by atoms with Gasteiger partial charge >= 0.3 is 12.3 Å². The highest BCUT2D eigenvalue weighted by Gasteiger charge is 2.30. The zero-order valence-electron chi connectivity index (χ0n) is 11.1. The molecule has 1 aromatic heterocycles. The number of hydrogen-bond acceptors (Lipinski definition) is 5. The molecular formula is C12H15F3N4O2. The van der Waals surface area contributed by atoms with E-state index < -0.39 is 18.9 Å². The second-order valence-electron chi connectivity index (χ2n) is 4.67. The summed E-state index contributed by atoms with van der Waals surface area (Å²) in [7, 11) is 0. The number of alkyl carbamates (subject to hydrolysis) is 1. The van der Waals surface area contributed by atoms with Crippen LogP contribution in [0.3, 0.4) is 0 Å². The Morgan fingerprint density at radius 3 is 2.81 bits per heavy atom. The van der Waals surface area contributed by atoms with E-state index in [0.717, 1.165) is 13.0 Å². The maximum absolute atomic E-state index is 11.9. The average molecular weight is 304 g/mol. The molecule has 1 amide bonds. The lowest BCUT2D eigenvalue weighted by Gasteiger charge is -2.32. The minimum Gasteiger partial charge on any atom is -0.440 e. The molecule has 0 aliphatic carbocycles. The van der Waals surface area contributed by atoms with Crippen molar-refractivity contribution in [3.63, 3.8) is 0 Å². The number of carbonyl (C=O) groups is 1. The highest BCUT2D eigenvalue weighted by atomic mass is 19.4. The Morgan fingerprint density at radius 2 is 2.14 bits per heavy atom. The quantitative estimate of drug-likeness (QED) is 0.921. The molecular weight excluding hydrogens is 289 g/mol. The number of alkyl halides is 3. The number of piperidine rings is 1. The molecule has 1 aliphatic heterocycles. The van der Waals surface area contributed by atoms with E-state index in [0.29, 0.717) is 18.9 Å². The number of ether oxygens (including phenoxy) is 1. The van der Waals surface area contributed by atoms with Crippen LogP contribution in [0.1, 0.15) is 12.8 Å². The maximum Gasteiger partial charge on any atom is 0.422 e. The molecule has 0 spiro atoms. The highest BCUT2D eigenvalue weighted by Crippen LogP contribution is 2.16. The predicted octanol–water partition coefficient (Wildman–Crippen LogP) is 1.73. The van der Waals surface area contributed by atoms with E-state index in [1.54, 1.807) is 18.5 Å². The molecule has 9 heteroatoms. The molecule has 1 aliphatic rings. The lowest BCUT2D eigenvalue weighted by Crippen LogP contribution is -2.48. The molecule has 21 heavy (non-hydrogen) atoms. The van der Waals surface area contributed by atoms with Crippen molar-refractivity contribution in [2.45, 2.75) is 25.1 Å². The molecule has 1 N–H and O–H groups in total. The Morgan fingerprint density at radius 1 is 1.43 bits per heavy atom. The largest absolute Gasteiger partial charge is 0.440 e. The third-order valence-corrected chi connectivity index (χ3v) is 2.95. The number of rotatable bonds is 3. The van der Waals surface area contributed by atoms with Gasteiger partial charge in [0.15, 0.2) is 6.61 Å². The van der Waals surface area contributed by atoms with Gasteiger partial charge in [-0.3, -0.25) is 0 Å². The molecule has 0 radical (unpaired) electrons. The van der Waals surface area contributed by atoms with Gasteiger partial charge in [-0.05, 0) is 18.9 Å². The topological polar surface area (TPSA) is 67.4 Å². The summed E-state index contributed by atoms with van der Waals surface area (Å²) in [6.07, 6.45) is -0.914. The van der Waals surface area contributed by atoms with E-state index in [2.05, 4.69) is 20.0 Å². The Labute approximate surface area is 119 Å². The summed E-state index contributed by atoms with van der Waals surface area (Å²) >= 11 is 0. The van der Waals surface area contributed by atoms with Crippen molar-refractivity contribution >= 4 is 12.0 Å². The maximum atomic E-state index is 11.9. The van der Waals surface area contributed by atoms with Crippen LogP contribution in [0, 0.1) is 0 Å². The summed E-state index contributed by atoms with van der Waals surface area (Å²) in [4.78, 5) is 21.4. The summed E-state index contributed by atoms with van der Waals surface area (Å²) < 4.78 is 40.0. The van der Waals surface area contributed by atoms with Crippen LogP contribution in [-0.4, -0.2) is 48.0 Å². The first-order valence-electron chi connectivity index (χ1n) is 6.46. The number of amides is 1. The van der Waals surface area contributed by atoms with E-state index in [9.17, 15) is 18.0 Å². The van der Waals surface area contributed by atoms with Gasteiger partial charge < -0.3 is 15.0 Å². The van der Waals surface area contributed by atoms with E-state index >= 15 is 0 Å². The van der Waals surface area contributed by atoms with Gasteiger partial charge in [0.25, 0.3) is 0 Å². The van der Waals surface area contributed by atoms with Crippen molar-refractivity contribution in [3.8, 4) is 0 Å². The molecule has 2 heterocycles. The van der Waals surface area contributed by atoms with Gasteiger partial charge in [0.05, 0.1) is 0 Å². The smallest absolute Gasteiger partial charge is 0.422 e. The summed E-state index contributed by atoms with van der Waals surface area (Å²) in [6.45, 7) is -0.415. The van der Waals surface area contributed by atoms with Crippen LogP contribution in [-0.2, 0) is 4.74 Å². The molecule has 6 nitrogen and oxygen atoms in total. The van der Waals surface area contributed by atoms with Crippen molar-refractivity contribution in [1.29, 1.82) is 0 Å². The van der Waals surface area contributed by atoms with E-state index in [1.165, 1.54) is 0 Å². The predicted molar refractivity (Wildman–Crippen MR) is 67.8 cm³/mol. The van der Waals surface area contributed by atoms with Gasteiger partial charge in [-0.25, -0.2) is 14.8 Å². The first kappa shape index (κ1) is 15.3. The van der Waals surface area contributed by atoms with Gasteiger partial charge in [-0.2, -0.15) is 13.2 Å². The Hall–Kier alpha value is -2.06. The van der Waals surface area contributed by atoms with Crippen LogP contribution in [0.2, 0.25) is 0 Å². The molecule has 1 saturated heterocycles. The van der Waals surface area contributed by atoms with Crippen LogP contribution >= 0.6 is 0 Å². The number of nitrogens with one attached hydrogen (secondary N) is 1. The monoisotopic (exact) mass is 304 g/mol. The molecule has 0 aromatic carbocycles. The van der Waals surface area contributed by atoms with Crippen LogP contribution in [0.15, 0.2) is 18.5 Å². The molecule has 0 saturated carbocycles. The minimum atomic E-state index is -4.52. The Kier molecular flexibility index (Phi) is 4.81. The summed E-state index contributed by atoms with van der Waals surface area (Å²) in [5.41, 5.74) is 0. The number of carbonyl (C=O) groups excluding carboxylic acids is 1. The van der Waals surface area contributed by atoms with Gasteiger partial charge in [0.2, 0.25) is 5.95 Å². The van der Waals surface area contributed by atoms with Gasteiger partial charge in [0.1, 0.15) is 0 Å². The Bertz CT molecular complexity index is 469. The fourth-order valence-corrected chi connectivity index (χ4v) is 2.09. The van der Waals surface area contributed by atoms with Crippen molar-refractivity contribution in [2.24, 2.45) is 0 Å². The zero-order chi connectivity index (χ0) is 15.3. The second kappa shape index (κ2) is 6.59. The normalized spacial score (nSPS) is 19.2. The first-order valence-corrected chi connectivity index (χ1v) is 6.46. The summed E-state index contributed by atoms with van der Waals surface area (Å²) in [5.74, 6) is 0.535. The fraction of sp³-hybridized carbons (Fsp3) is 0.583. The van der Waals surface area contributed by atoms with Gasteiger partial charge in [-0.1, -0.05) is 0 Å². The van der Waals surface area contributed by atoms with Crippen molar-refractivity contribution in [1.82, 2.24) is 15.3 Å². The summed E-state index contributed by atoms with van der Waals surface area (Å²) in [6, 6.07) is 1.40. The Balaban J connectivity index is 1.83. The number of aromatic nitrogens is 2. The molecule has 0 bridgehead atoms. The van der Waals surface area contributed by atoms with Crippen LogP contribution in [0.25, 0.3) is 0 Å². The standard InChI is InChI=1S/C12H15F3N4O2/c13-12(14,15)8-21-11(20)18-9-3-1-6-19(7-9)10-16-4-2-5-17-10/h2,4-5,9H,1,3,6-8H2,(H,18,20). The van der Waals surface area contributed by atoms with Gasteiger partial charge in [0, 0.05) is 31.5 Å². The number of anilines is 1. The minimum absolute atomic E-state index is 0.289. The third-order valence-electron chi connectivity index (χ3n) is 2.95. The fourth-order valence-electron chi connectivity index (χ4n) is 2.09. The van der Waals surface area contributed by atoms with E-state index in [-0.39, 0.29) is 6.04 Å². The number of nitrogens with zero attached hydrogens (tertiary/aromatic N) is 3. The average Bonchev–Trinajstić information content (AvgIpc) is 2.46. The van der Waals surface area contributed by atoms with Crippen molar-refractivity contribution in [3.05, 3.63) is 18.5 Å². The van der Waals surface area contributed by atoms with Crippen LogP contribution in [0.4, 0.5) is 23.9 Å². The third kappa shape index (κ3) is 5.09. The molecule has 1 fully saturated rings. The zero-order valence-corrected chi connectivity index (χ0v) is 11.1. The van der Waals surface area contributed by atoms with E-state index in [1.807, 2.05) is 4.90 Å². The molecule has 1 atom stereocenters. The SMILES string of the molecule is O=C(NC1CCCN(c2ncccn2)C1)OCC(F)(F)F. The van der Waals surface area contributed by atoms with E-state index in [4.69, 9.17) is 0 Å². The first-order chi connectivity index (χ1) is 9.94. The van der Waals surface area contributed by atoms with Crippen molar-refractivity contribution < 1.29 is 22.7 Å². The van der Waals surface area contributed by atoms with Crippen LogP contribution in [0.5, 0.6) is 0 Å².